The summed E-state index contributed by atoms with van der Waals surface area (Å²) in [5.74, 6) is 0.477. The lowest BCUT2D eigenvalue weighted by atomic mass is 10.1. The second kappa shape index (κ2) is 7.73. The van der Waals surface area contributed by atoms with E-state index in [1.54, 1.807) is 23.1 Å². The Hall–Kier alpha value is -2.29. The molecule has 1 amide bonds. The fourth-order valence-electron chi connectivity index (χ4n) is 2.48. The molecule has 0 aliphatic rings. The van der Waals surface area contributed by atoms with E-state index in [1.807, 2.05) is 41.8 Å². The van der Waals surface area contributed by atoms with Crippen LogP contribution in [0.3, 0.4) is 0 Å². The van der Waals surface area contributed by atoms with E-state index in [0.29, 0.717) is 23.0 Å². The molecule has 0 fully saturated rings. The van der Waals surface area contributed by atoms with E-state index in [2.05, 4.69) is 17.5 Å². The van der Waals surface area contributed by atoms with Crippen LogP contribution in [0.5, 0.6) is 0 Å². The molecule has 130 valence electrons. The van der Waals surface area contributed by atoms with Crippen molar-refractivity contribution in [3.05, 3.63) is 57.7 Å². The Kier molecular flexibility index (Phi) is 5.42. The molecule has 3 rings (SSSR count). The van der Waals surface area contributed by atoms with Crippen molar-refractivity contribution in [1.82, 2.24) is 15.1 Å². The van der Waals surface area contributed by atoms with Crippen molar-refractivity contribution in [3.8, 4) is 10.8 Å². The standard InChI is InChI=1S/C17H18N4O2S2/c1-18-15(22)13-7-5-12(6-8-13)10-20(2)11-21-17(24)23-16(19-21)14-4-3-9-25-14/h3-9H,10-11H2,1-2H3,(H,18,22)/p+1. The number of nitrogens with one attached hydrogen (secondary N) is 2. The summed E-state index contributed by atoms with van der Waals surface area (Å²) in [4.78, 5) is 14.1. The highest BCUT2D eigenvalue weighted by molar-refractivity contribution is 7.71. The van der Waals surface area contributed by atoms with Gasteiger partial charge in [-0.1, -0.05) is 18.2 Å². The van der Waals surface area contributed by atoms with Gasteiger partial charge in [-0.25, -0.2) is 0 Å². The number of nitrogens with zero attached hydrogens (tertiary/aromatic N) is 2. The molecule has 25 heavy (non-hydrogen) atoms. The number of quaternary nitrogens is 1. The van der Waals surface area contributed by atoms with Crippen LogP contribution in [0.15, 0.2) is 46.2 Å². The number of carbonyl (C=O) groups excluding carboxylic acids is 1. The van der Waals surface area contributed by atoms with Crippen molar-refractivity contribution in [1.29, 1.82) is 0 Å². The van der Waals surface area contributed by atoms with Gasteiger partial charge in [-0.15, -0.1) is 16.4 Å². The highest BCUT2D eigenvalue weighted by Crippen LogP contribution is 2.22. The maximum atomic E-state index is 11.6. The zero-order valence-corrected chi connectivity index (χ0v) is 15.6. The lowest BCUT2D eigenvalue weighted by Gasteiger charge is -2.13. The minimum Gasteiger partial charge on any atom is -0.408 e. The summed E-state index contributed by atoms with van der Waals surface area (Å²) in [5.41, 5.74) is 1.79. The monoisotopic (exact) mass is 375 g/mol. The van der Waals surface area contributed by atoms with Crippen molar-refractivity contribution in [2.24, 2.45) is 0 Å². The van der Waals surface area contributed by atoms with Gasteiger partial charge in [0.1, 0.15) is 6.54 Å². The molecule has 1 unspecified atom stereocenters. The van der Waals surface area contributed by atoms with Crippen molar-refractivity contribution >= 4 is 29.5 Å². The summed E-state index contributed by atoms with van der Waals surface area (Å²) in [6, 6.07) is 11.5. The van der Waals surface area contributed by atoms with Gasteiger partial charge >= 0.3 is 0 Å². The lowest BCUT2D eigenvalue weighted by molar-refractivity contribution is -0.917. The molecule has 1 aromatic carbocycles. The van der Waals surface area contributed by atoms with E-state index in [4.69, 9.17) is 16.6 Å². The number of benzene rings is 1. The largest absolute Gasteiger partial charge is 0.408 e. The van der Waals surface area contributed by atoms with Gasteiger partial charge in [-0.3, -0.25) is 4.79 Å². The predicted molar refractivity (Wildman–Crippen MR) is 99.1 cm³/mol. The van der Waals surface area contributed by atoms with Gasteiger partial charge in [-0.05, 0) is 35.8 Å². The van der Waals surface area contributed by atoms with E-state index >= 15 is 0 Å². The Morgan fingerprint density at radius 2 is 2.12 bits per heavy atom. The quantitative estimate of drug-likeness (QED) is 0.647. The van der Waals surface area contributed by atoms with Crippen molar-refractivity contribution < 1.29 is 14.1 Å². The Morgan fingerprint density at radius 3 is 2.76 bits per heavy atom. The topological polar surface area (TPSA) is 64.5 Å². The predicted octanol–water partition coefficient (Wildman–Crippen LogP) is 1.97. The molecule has 1 atom stereocenters. The average Bonchev–Trinajstić information content (AvgIpc) is 3.25. The van der Waals surface area contributed by atoms with E-state index < -0.39 is 0 Å². The molecule has 2 aromatic heterocycles. The molecule has 2 N–H and O–H groups in total. The number of amides is 1. The molecule has 0 saturated heterocycles. The van der Waals surface area contributed by atoms with Crippen molar-refractivity contribution in [2.45, 2.75) is 13.2 Å². The summed E-state index contributed by atoms with van der Waals surface area (Å²) < 4.78 is 7.29. The van der Waals surface area contributed by atoms with Gasteiger partial charge in [0.15, 0.2) is 6.67 Å². The third-order valence-corrected chi connectivity index (χ3v) is 4.86. The first kappa shape index (κ1) is 17.5. The minimum absolute atomic E-state index is 0.0812. The fourth-order valence-corrected chi connectivity index (χ4v) is 3.31. The van der Waals surface area contributed by atoms with Crippen LogP contribution in [0.4, 0.5) is 0 Å². The van der Waals surface area contributed by atoms with Crippen LogP contribution in [0.25, 0.3) is 10.8 Å². The van der Waals surface area contributed by atoms with Gasteiger partial charge < -0.3 is 14.6 Å². The highest BCUT2D eigenvalue weighted by Gasteiger charge is 2.13. The molecule has 0 spiro atoms. The molecular weight excluding hydrogens is 356 g/mol. The first-order valence-electron chi connectivity index (χ1n) is 7.81. The summed E-state index contributed by atoms with van der Waals surface area (Å²) in [6.07, 6.45) is 0. The van der Waals surface area contributed by atoms with E-state index in [9.17, 15) is 4.79 Å². The smallest absolute Gasteiger partial charge is 0.292 e. The van der Waals surface area contributed by atoms with Gasteiger partial charge in [0.25, 0.3) is 16.6 Å². The van der Waals surface area contributed by atoms with Gasteiger partial charge in [0.2, 0.25) is 0 Å². The zero-order valence-electron chi connectivity index (χ0n) is 14.0. The highest BCUT2D eigenvalue weighted by atomic mass is 32.1. The lowest BCUT2D eigenvalue weighted by Crippen LogP contribution is -3.07. The second-order valence-corrected chi connectivity index (χ2v) is 7.01. The zero-order chi connectivity index (χ0) is 17.8. The van der Waals surface area contributed by atoms with E-state index in [0.717, 1.165) is 17.0 Å². The van der Waals surface area contributed by atoms with Crippen molar-refractivity contribution in [3.63, 3.8) is 0 Å². The Morgan fingerprint density at radius 1 is 1.36 bits per heavy atom. The molecular formula is C17H19N4O2S2+. The number of carbonyl (C=O) groups is 1. The van der Waals surface area contributed by atoms with Crippen LogP contribution >= 0.6 is 23.6 Å². The molecule has 6 nitrogen and oxygen atoms in total. The second-order valence-electron chi connectivity index (χ2n) is 5.72. The maximum absolute atomic E-state index is 11.6. The SMILES string of the molecule is CNC(=O)c1ccc(C[NH+](C)Cn2nc(-c3cccs3)oc2=S)cc1. The molecule has 0 aliphatic heterocycles. The third-order valence-electron chi connectivity index (χ3n) is 3.71. The normalized spacial score (nSPS) is 12.1. The van der Waals surface area contributed by atoms with Crippen LogP contribution in [0, 0.1) is 4.84 Å². The van der Waals surface area contributed by atoms with E-state index in [-0.39, 0.29) is 5.91 Å². The van der Waals surface area contributed by atoms with Crippen LogP contribution in [-0.2, 0) is 13.2 Å². The van der Waals surface area contributed by atoms with Crippen LogP contribution in [0.1, 0.15) is 15.9 Å². The average molecular weight is 375 g/mol. The number of thiophene rings is 1. The summed E-state index contributed by atoms with van der Waals surface area (Å²) in [6.45, 7) is 1.39. The first-order valence-corrected chi connectivity index (χ1v) is 9.10. The molecule has 0 radical (unpaired) electrons. The summed E-state index contributed by atoms with van der Waals surface area (Å²) >= 11 is 6.84. The molecule has 8 heteroatoms. The first-order chi connectivity index (χ1) is 12.1. The van der Waals surface area contributed by atoms with Gasteiger partial charge in [0.05, 0.1) is 11.9 Å². The molecule has 0 bridgehead atoms. The Labute approximate surface area is 154 Å². The maximum Gasteiger partial charge on any atom is 0.292 e. The minimum atomic E-state index is -0.0812. The van der Waals surface area contributed by atoms with Crippen LogP contribution in [0.2, 0.25) is 0 Å². The Bertz CT molecular complexity index is 898. The number of aromatic nitrogens is 2. The fraction of sp³-hybridized carbons (Fsp3) is 0.235. The molecule has 3 aromatic rings. The Balaban J connectivity index is 1.66. The van der Waals surface area contributed by atoms with Gasteiger partial charge in [0, 0.05) is 18.2 Å². The summed E-state index contributed by atoms with van der Waals surface area (Å²) in [7, 11) is 3.69. The van der Waals surface area contributed by atoms with E-state index in [1.165, 1.54) is 4.90 Å². The molecule has 2 heterocycles. The third kappa shape index (κ3) is 4.22. The van der Waals surface area contributed by atoms with Crippen LogP contribution < -0.4 is 10.2 Å². The van der Waals surface area contributed by atoms with Crippen LogP contribution in [-0.4, -0.2) is 29.8 Å². The van der Waals surface area contributed by atoms with Crippen molar-refractivity contribution in [2.75, 3.05) is 14.1 Å². The number of hydrogen-bond acceptors (Lipinski definition) is 5. The number of hydrogen-bond donors (Lipinski definition) is 2. The number of rotatable bonds is 6. The molecule has 0 aliphatic carbocycles. The molecule has 0 saturated carbocycles. The summed E-state index contributed by atoms with van der Waals surface area (Å²) in [5, 5.41) is 9.06. The van der Waals surface area contributed by atoms with Gasteiger partial charge in [-0.2, -0.15) is 4.68 Å².